The fourth-order valence-electron chi connectivity index (χ4n) is 4.61. The lowest BCUT2D eigenvalue weighted by Crippen LogP contribution is -2.36. The van der Waals surface area contributed by atoms with Gasteiger partial charge >= 0.3 is 0 Å². The fraction of sp³-hybridized carbons (Fsp3) is 0.379. The number of hydrogen-bond acceptors (Lipinski definition) is 6. The molecule has 0 aliphatic carbocycles. The van der Waals surface area contributed by atoms with Gasteiger partial charge in [0.25, 0.3) is 5.91 Å². The van der Waals surface area contributed by atoms with Crippen molar-refractivity contribution >= 4 is 11.6 Å². The first-order valence-electron chi connectivity index (χ1n) is 12.7. The highest BCUT2D eigenvalue weighted by Crippen LogP contribution is 2.21. The number of morpholine rings is 1. The molecular formula is C29H33N3O4. The monoisotopic (exact) mass is 487 g/mol. The van der Waals surface area contributed by atoms with Crippen LogP contribution in [0.15, 0.2) is 73.1 Å². The van der Waals surface area contributed by atoms with Crippen molar-refractivity contribution in [1.29, 1.82) is 0 Å². The maximum Gasteiger partial charge on any atom is 0.254 e. The highest BCUT2D eigenvalue weighted by atomic mass is 16.5. The summed E-state index contributed by atoms with van der Waals surface area (Å²) in [6.07, 6.45) is 5.90. The molecular weight excluding hydrogens is 454 g/mol. The first-order valence-corrected chi connectivity index (χ1v) is 12.7. The molecule has 1 aromatic heterocycles. The number of anilines is 1. The molecule has 2 saturated heterocycles. The summed E-state index contributed by atoms with van der Waals surface area (Å²) >= 11 is 0. The minimum Gasteiger partial charge on any atom is -0.491 e. The zero-order valence-electron chi connectivity index (χ0n) is 20.6. The zero-order valence-corrected chi connectivity index (χ0v) is 20.6. The van der Waals surface area contributed by atoms with E-state index in [0.717, 1.165) is 68.3 Å². The van der Waals surface area contributed by atoms with Crippen LogP contribution in [0, 0.1) is 0 Å². The Morgan fingerprint density at radius 1 is 0.972 bits per heavy atom. The van der Waals surface area contributed by atoms with Crippen LogP contribution >= 0.6 is 0 Å². The molecule has 3 aromatic rings. The molecule has 2 aromatic carbocycles. The Kier molecular flexibility index (Phi) is 8.10. The first kappa shape index (κ1) is 24.3. The lowest BCUT2D eigenvalue weighted by Gasteiger charge is -2.29. The third kappa shape index (κ3) is 6.42. The second-order valence-corrected chi connectivity index (χ2v) is 9.26. The summed E-state index contributed by atoms with van der Waals surface area (Å²) in [4.78, 5) is 22.0. The molecule has 0 bridgehead atoms. The zero-order chi connectivity index (χ0) is 24.6. The Bertz CT molecular complexity index is 1090. The predicted molar refractivity (Wildman–Crippen MR) is 138 cm³/mol. The maximum absolute atomic E-state index is 13.6. The smallest absolute Gasteiger partial charge is 0.254 e. The molecule has 2 fully saturated rings. The van der Waals surface area contributed by atoms with E-state index in [1.54, 1.807) is 6.20 Å². The van der Waals surface area contributed by atoms with Crippen LogP contribution in [0.2, 0.25) is 0 Å². The molecule has 0 unspecified atom stereocenters. The largest absolute Gasteiger partial charge is 0.491 e. The summed E-state index contributed by atoms with van der Waals surface area (Å²) in [5.74, 6) is 0.809. The Morgan fingerprint density at radius 3 is 2.44 bits per heavy atom. The van der Waals surface area contributed by atoms with Crippen molar-refractivity contribution in [2.24, 2.45) is 0 Å². The Hall–Kier alpha value is -3.42. The topological polar surface area (TPSA) is 64.1 Å². The molecule has 1 atom stereocenters. The third-order valence-corrected chi connectivity index (χ3v) is 6.63. The average molecular weight is 488 g/mol. The van der Waals surface area contributed by atoms with Crippen LogP contribution in [0.3, 0.4) is 0 Å². The van der Waals surface area contributed by atoms with E-state index in [1.165, 1.54) is 0 Å². The van der Waals surface area contributed by atoms with Crippen LogP contribution in [0.5, 0.6) is 5.75 Å². The molecule has 2 aliphatic heterocycles. The Labute approximate surface area is 212 Å². The number of carbonyl (C=O) groups is 1. The van der Waals surface area contributed by atoms with Gasteiger partial charge in [0.1, 0.15) is 12.4 Å². The van der Waals surface area contributed by atoms with Crippen LogP contribution in [0.4, 0.5) is 5.69 Å². The molecule has 0 radical (unpaired) electrons. The van der Waals surface area contributed by atoms with Crippen molar-refractivity contribution in [3.63, 3.8) is 0 Å². The molecule has 0 spiro atoms. The molecule has 0 N–H and O–H groups in total. The van der Waals surface area contributed by atoms with Crippen molar-refractivity contribution in [2.75, 3.05) is 44.4 Å². The molecule has 3 heterocycles. The minimum atomic E-state index is -0.00825. The van der Waals surface area contributed by atoms with Crippen LogP contribution in [-0.2, 0) is 22.6 Å². The van der Waals surface area contributed by atoms with Gasteiger partial charge in [0.15, 0.2) is 0 Å². The lowest BCUT2D eigenvalue weighted by atomic mass is 10.1. The molecule has 36 heavy (non-hydrogen) atoms. The average Bonchev–Trinajstić information content (AvgIpc) is 3.47. The molecule has 7 heteroatoms. The van der Waals surface area contributed by atoms with E-state index in [-0.39, 0.29) is 12.0 Å². The van der Waals surface area contributed by atoms with Gasteiger partial charge in [-0.2, -0.15) is 0 Å². The number of benzene rings is 2. The normalized spacial score (nSPS) is 17.7. The highest BCUT2D eigenvalue weighted by Gasteiger charge is 2.19. The number of ether oxygens (including phenoxy) is 3. The summed E-state index contributed by atoms with van der Waals surface area (Å²) in [5.41, 5.74) is 3.83. The van der Waals surface area contributed by atoms with Gasteiger partial charge in [-0.3, -0.25) is 9.78 Å². The van der Waals surface area contributed by atoms with Crippen LogP contribution in [0.25, 0.3) is 0 Å². The number of rotatable bonds is 9. The number of pyridine rings is 1. The summed E-state index contributed by atoms with van der Waals surface area (Å²) < 4.78 is 17.0. The number of carbonyl (C=O) groups excluding carboxylic acids is 1. The first-order chi connectivity index (χ1) is 17.7. The quantitative estimate of drug-likeness (QED) is 0.448. The summed E-state index contributed by atoms with van der Waals surface area (Å²) in [7, 11) is 0. The van der Waals surface area contributed by atoms with Crippen molar-refractivity contribution in [2.45, 2.75) is 32.0 Å². The lowest BCUT2D eigenvalue weighted by molar-refractivity contribution is 0.0679. The Balaban J connectivity index is 1.27. The van der Waals surface area contributed by atoms with Gasteiger partial charge in [0.05, 0.1) is 19.3 Å². The number of hydrogen-bond donors (Lipinski definition) is 0. The number of aromatic nitrogens is 1. The molecule has 188 valence electrons. The van der Waals surface area contributed by atoms with Crippen molar-refractivity contribution in [1.82, 2.24) is 9.88 Å². The van der Waals surface area contributed by atoms with Crippen molar-refractivity contribution in [3.05, 3.63) is 89.7 Å². The van der Waals surface area contributed by atoms with Gasteiger partial charge in [-0.1, -0.05) is 18.2 Å². The van der Waals surface area contributed by atoms with Gasteiger partial charge in [0, 0.05) is 56.4 Å². The van der Waals surface area contributed by atoms with Crippen LogP contribution in [0.1, 0.15) is 34.3 Å². The van der Waals surface area contributed by atoms with E-state index in [0.29, 0.717) is 25.3 Å². The van der Waals surface area contributed by atoms with Gasteiger partial charge in [0.2, 0.25) is 0 Å². The highest BCUT2D eigenvalue weighted by molar-refractivity contribution is 5.94. The van der Waals surface area contributed by atoms with Gasteiger partial charge < -0.3 is 24.0 Å². The Morgan fingerprint density at radius 2 is 1.75 bits per heavy atom. The standard InChI is InChI=1S/C29H33N3O4/c33-29(25-7-9-26(10-8-25)31-14-17-34-18-15-31)32(21-24-3-1-13-30-19-24)20-23-5-11-27(12-6-23)36-22-28-4-2-16-35-28/h1,3,5-13,19,28H,2,4,14-18,20-22H2/t28-/m0/s1. The molecule has 2 aliphatic rings. The van der Waals surface area contributed by atoms with Crippen molar-refractivity contribution in [3.8, 4) is 5.75 Å². The second-order valence-electron chi connectivity index (χ2n) is 9.26. The maximum atomic E-state index is 13.6. The predicted octanol–water partition coefficient (Wildman–Crippen LogP) is 4.32. The van der Waals surface area contributed by atoms with Crippen LogP contribution < -0.4 is 9.64 Å². The van der Waals surface area contributed by atoms with Crippen LogP contribution in [-0.4, -0.2) is 61.4 Å². The number of amides is 1. The van der Waals surface area contributed by atoms with E-state index < -0.39 is 0 Å². The van der Waals surface area contributed by atoms with Crippen molar-refractivity contribution < 1.29 is 19.0 Å². The second kappa shape index (κ2) is 12.0. The van der Waals surface area contributed by atoms with E-state index in [4.69, 9.17) is 14.2 Å². The van der Waals surface area contributed by atoms with E-state index in [9.17, 15) is 4.79 Å². The van der Waals surface area contributed by atoms with E-state index in [1.807, 2.05) is 71.8 Å². The molecule has 1 amide bonds. The summed E-state index contributed by atoms with van der Waals surface area (Å²) in [6, 6.07) is 19.8. The summed E-state index contributed by atoms with van der Waals surface area (Å²) in [5, 5.41) is 0. The van der Waals surface area contributed by atoms with E-state index in [2.05, 4.69) is 9.88 Å². The third-order valence-electron chi connectivity index (χ3n) is 6.63. The molecule has 0 saturated carbocycles. The minimum absolute atomic E-state index is 0.00825. The SMILES string of the molecule is O=C(c1ccc(N2CCOCC2)cc1)N(Cc1ccc(OC[C@@H]2CCCO2)cc1)Cc1cccnc1. The van der Waals surface area contributed by atoms with Gasteiger partial charge in [-0.25, -0.2) is 0 Å². The fourth-order valence-corrected chi connectivity index (χ4v) is 4.61. The van der Waals surface area contributed by atoms with Gasteiger partial charge in [-0.15, -0.1) is 0 Å². The molecule has 5 rings (SSSR count). The molecule has 7 nitrogen and oxygen atoms in total. The van der Waals surface area contributed by atoms with E-state index >= 15 is 0 Å². The van der Waals surface area contributed by atoms with Gasteiger partial charge in [-0.05, 0) is 66.4 Å². The number of nitrogens with zero attached hydrogens (tertiary/aromatic N) is 3. The summed E-state index contributed by atoms with van der Waals surface area (Å²) in [6.45, 7) is 5.58.